The maximum absolute atomic E-state index is 12.5. The number of ketones is 1. The second kappa shape index (κ2) is 5.37. The molecule has 0 saturated carbocycles. The van der Waals surface area contributed by atoms with Crippen molar-refractivity contribution in [2.45, 2.75) is 13.8 Å². The van der Waals surface area contributed by atoms with Crippen LogP contribution in [-0.4, -0.2) is 5.78 Å². The lowest BCUT2D eigenvalue weighted by Gasteiger charge is -2.09. The molecule has 0 saturated heterocycles. The smallest absolute Gasteiger partial charge is 0.194 e. The molecule has 2 rings (SSSR count). The highest BCUT2D eigenvalue weighted by Crippen LogP contribution is 2.25. The van der Waals surface area contributed by atoms with E-state index in [1.165, 1.54) is 0 Å². The zero-order valence-electron chi connectivity index (χ0n) is 10.1. The molecule has 0 amide bonds. The first-order chi connectivity index (χ1) is 8.50. The van der Waals surface area contributed by atoms with E-state index < -0.39 is 0 Å². The first-order valence-corrected chi connectivity index (χ1v) is 7.15. The molecule has 0 aromatic heterocycles. The molecule has 1 nitrogen and oxygen atoms in total. The van der Waals surface area contributed by atoms with Crippen molar-refractivity contribution in [3.63, 3.8) is 0 Å². The molecule has 0 aliphatic rings. The molecule has 0 aliphatic carbocycles. The van der Waals surface area contributed by atoms with Gasteiger partial charge in [0.1, 0.15) is 0 Å². The Kier molecular flexibility index (Phi) is 4.03. The summed E-state index contributed by atoms with van der Waals surface area (Å²) in [7, 11) is 0. The number of rotatable bonds is 2. The average Bonchev–Trinajstić information content (AvgIpc) is 2.35. The summed E-state index contributed by atoms with van der Waals surface area (Å²) in [5.74, 6) is 0.0457. The third kappa shape index (κ3) is 2.57. The minimum absolute atomic E-state index is 0.0457. The van der Waals surface area contributed by atoms with Gasteiger partial charge in [-0.15, -0.1) is 0 Å². The van der Waals surface area contributed by atoms with E-state index in [1.54, 1.807) is 0 Å². The standard InChI is InChI=1S/C15H12Br2O/c1-9-4-3-5-12(10(9)2)15(18)13-8-11(16)6-7-14(13)17/h3-8H,1-2H3. The lowest BCUT2D eigenvalue weighted by molar-refractivity contribution is 0.103. The van der Waals surface area contributed by atoms with Gasteiger partial charge in [0.15, 0.2) is 5.78 Å². The fourth-order valence-corrected chi connectivity index (χ4v) is 2.60. The van der Waals surface area contributed by atoms with Gasteiger partial charge < -0.3 is 0 Å². The highest BCUT2D eigenvalue weighted by molar-refractivity contribution is 9.11. The summed E-state index contributed by atoms with van der Waals surface area (Å²) in [4.78, 5) is 12.5. The van der Waals surface area contributed by atoms with Crippen LogP contribution in [0.25, 0.3) is 0 Å². The third-order valence-electron chi connectivity index (χ3n) is 3.02. The van der Waals surface area contributed by atoms with E-state index in [4.69, 9.17) is 0 Å². The van der Waals surface area contributed by atoms with Gasteiger partial charge in [0.25, 0.3) is 0 Å². The molecule has 92 valence electrons. The number of halogens is 2. The van der Waals surface area contributed by atoms with E-state index in [1.807, 2.05) is 50.2 Å². The Labute approximate surface area is 123 Å². The van der Waals surface area contributed by atoms with Crippen LogP contribution in [0.2, 0.25) is 0 Å². The molecular formula is C15H12Br2O. The number of carbonyl (C=O) groups is 1. The normalized spacial score (nSPS) is 10.4. The maximum atomic E-state index is 12.5. The number of hydrogen-bond donors (Lipinski definition) is 0. The molecule has 0 spiro atoms. The van der Waals surface area contributed by atoms with Gasteiger partial charge in [-0.2, -0.15) is 0 Å². The first-order valence-electron chi connectivity index (χ1n) is 5.56. The molecule has 18 heavy (non-hydrogen) atoms. The van der Waals surface area contributed by atoms with Crippen LogP contribution in [0, 0.1) is 13.8 Å². The Morgan fingerprint density at radius 1 is 1.00 bits per heavy atom. The summed E-state index contributed by atoms with van der Waals surface area (Å²) in [6, 6.07) is 11.4. The Hall–Kier alpha value is -0.930. The van der Waals surface area contributed by atoms with E-state index in [9.17, 15) is 4.79 Å². The molecule has 0 bridgehead atoms. The largest absolute Gasteiger partial charge is 0.289 e. The molecular weight excluding hydrogens is 356 g/mol. The van der Waals surface area contributed by atoms with E-state index in [0.29, 0.717) is 5.56 Å². The van der Waals surface area contributed by atoms with Gasteiger partial charge in [0.2, 0.25) is 0 Å². The quantitative estimate of drug-likeness (QED) is 0.678. The van der Waals surface area contributed by atoms with E-state index in [2.05, 4.69) is 31.9 Å². The summed E-state index contributed by atoms with van der Waals surface area (Å²) >= 11 is 6.83. The molecule has 0 fully saturated rings. The Balaban J connectivity index is 2.55. The fraction of sp³-hybridized carbons (Fsp3) is 0.133. The van der Waals surface area contributed by atoms with Crippen molar-refractivity contribution in [1.29, 1.82) is 0 Å². The Morgan fingerprint density at radius 3 is 2.44 bits per heavy atom. The van der Waals surface area contributed by atoms with Crippen LogP contribution in [-0.2, 0) is 0 Å². The van der Waals surface area contributed by atoms with Crippen LogP contribution >= 0.6 is 31.9 Å². The van der Waals surface area contributed by atoms with Gasteiger partial charge in [0, 0.05) is 20.1 Å². The topological polar surface area (TPSA) is 17.1 Å². The van der Waals surface area contributed by atoms with Crippen molar-refractivity contribution in [2.24, 2.45) is 0 Å². The van der Waals surface area contributed by atoms with Gasteiger partial charge in [-0.1, -0.05) is 50.1 Å². The summed E-state index contributed by atoms with van der Waals surface area (Å²) in [5, 5.41) is 0. The zero-order chi connectivity index (χ0) is 13.3. The molecule has 0 atom stereocenters. The van der Waals surface area contributed by atoms with Gasteiger partial charge in [0.05, 0.1) is 0 Å². The summed E-state index contributed by atoms with van der Waals surface area (Å²) in [6.45, 7) is 4.00. The number of hydrogen-bond acceptors (Lipinski definition) is 1. The molecule has 3 heteroatoms. The predicted molar refractivity (Wildman–Crippen MR) is 81.2 cm³/mol. The van der Waals surface area contributed by atoms with Gasteiger partial charge >= 0.3 is 0 Å². The second-order valence-corrected chi connectivity index (χ2v) is 5.97. The SMILES string of the molecule is Cc1cccc(C(=O)c2cc(Br)ccc2Br)c1C. The summed E-state index contributed by atoms with van der Waals surface area (Å²) in [6.07, 6.45) is 0. The van der Waals surface area contributed by atoms with Crippen LogP contribution in [0.5, 0.6) is 0 Å². The molecule has 0 aliphatic heterocycles. The molecule has 0 N–H and O–H groups in total. The first kappa shape index (κ1) is 13.5. The summed E-state index contributed by atoms with van der Waals surface area (Å²) < 4.78 is 1.72. The average molecular weight is 368 g/mol. The Bertz CT molecular complexity index is 614. The minimum atomic E-state index is 0.0457. The minimum Gasteiger partial charge on any atom is -0.289 e. The van der Waals surface area contributed by atoms with Crippen molar-refractivity contribution in [2.75, 3.05) is 0 Å². The van der Waals surface area contributed by atoms with Gasteiger partial charge in [-0.05, 0) is 43.2 Å². The van der Waals surface area contributed by atoms with E-state index in [0.717, 1.165) is 25.6 Å². The van der Waals surface area contributed by atoms with Gasteiger partial charge in [-0.3, -0.25) is 4.79 Å². The number of carbonyl (C=O) groups excluding carboxylic acids is 1. The molecule has 2 aromatic rings. The maximum Gasteiger partial charge on any atom is 0.194 e. The monoisotopic (exact) mass is 366 g/mol. The van der Waals surface area contributed by atoms with Crippen molar-refractivity contribution < 1.29 is 4.79 Å². The lowest BCUT2D eigenvalue weighted by Crippen LogP contribution is -2.05. The Morgan fingerprint density at radius 2 is 1.72 bits per heavy atom. The van der Waals surface area contributed by atoms with Crippen LogP contribution < -0.4 is 0 Å². The highest BCUT2D eigenvalue weighted by Gasteiger charge is 2.15. The van der Waals surface area contributed by atoms with Crippen molar-refractivity contribution in [1.82, 2.24) is 0 Å². The highest BCUT2D eigenvalue weighted by atomic mass is 79.9. The lowest BCUT2D eigenvalue weighted by atomic mass is 9.96. The molecule has 2 aromatic carbocycles. The van der Waals surface area contributed by atoms with E-state index in [-0.39, 0.29) is 5.78 Å². The third-order valence-corrected chi connectivity index (χ3v) is 4.21. The molecule has 0 radical (unpaired) electrons. The van der Waals surface area contributed by atoms with Crippen LogP contribution in [0.1, 0.15) is 27.0 Å². The van der Waals surface area contributed by atoms with Crippen molar-refractivity contribution in [3.05, 3.63) is 67.6 Å². The number of benzene rings is 2. The fourth-order valence-electron chi connectivity index (χ4n) is 1.81. The van der Waals surface area contributed by atoms with Crippen LogP contribution in [0.4, 0.5) is 0 Å². The van der Waals surface area contributed by atoms with Crippen molar-refractivity contribution >= 4 is 37.6 Å². The van der Waals surface area contributed by atoms with Crippen LogP contribution in [0.3, 0.4) is 0 Å². The number of aryl methyl sites for hydroxylation is 1. The molecule has 0 heterocycles. The molecule has 0 unspecified atom stereocenters. The zero-order valence-corrected chi connectivity index (χ0v) is 13.3. The summed E-state index contributed by atoms with van der Waals surface area (Å²) in [5.41, 5.74) is 3.60. The van der Waals surface area contributed by atoms with Crippen molar-refractivity contribution in [3.8, 4) is 0 Å². The van der Waals surface area contributed by atoms with E-state index >= 15 is 0 Å². The second-order valence-electron chi connectivity index (χ2n) is 4.20. The van der Waals surface area contributed by atoms with Crippen LogP contribution in [0.15, 0.2) is 45.3 Å². The van der Waals surface area contributed by atoms with Gasteiger partial charge in [-0.25, -0.2) is 0 Å². The predicted octanol–water partition coefficient (Wildman–Crippen LogP) is 5.06.